The molecule has 5 heteroatoms. The lowest BCUT2D eigenvalue weighted by molar-refractivity contribution is -0.117. The molecule has 0 aliphatic carbocycles. The fourth-order valence-electron chi connectivity index (χ4n) is 2.96. The van der Waals surface area contributed by atoms with Crippen LogP contribution in [0.15, 0.2) is 24.3 Å². The van der Waals surface area contributed by atoms with E-state index in [2.05, 4.69) is 5.32 Å². The molecular weight excluding hydrogens is 266 g/mol. The highest BCUT2D eigenvalue weighted by molar-refractivity contribution is 5.96. The van der Waals surface area contributed by atoms with Gasteiger partial charge in [0, 0.05) is 31.7 Å². The number of urea groups is 1. The number of rotatable bonds is 2. The summed E-state index contributed by atoms with van der Waals surface area (Å²) in [7, 11) is 0. The second-order valence-electron chi connectivity index (χ2n) is 5.88. The molecule has 1 unspecified atom stereocenters. The van der Waals surface area contributed by atoms with E-state index in [1.807, 2.05) is 36.1 Å². The molecule has 0 bridgehead atoms. The number of hydrogen-bond donors (Lipinski definition) is 1. The predicted molar refractivity (Wildman–Crippen MR) is 81.3 cm³/mol. The van der Waals surface area contributed by atoms with E-state index in [0.29, 0.717) is 13.0 Å². The Bertz CT molecular complexity index is 535. The fourth-order valence-corrected chi connectivity index (χ4v) is 2.96. The summed E-state index contributed by atoms with van der Waals surface area (Å²) in [5.74, 6) is 0.0746. The molecule has 0 spiro atoms. The Hall–Kier alpha value is -2.04. The van der Waals surface area contributed by atoms with Gasteiger partial charge in [-0.05, 0) is 31.9 Å². The van der Waals surface area contributed by atoms with Crippen LogP contribution in [0.4, 0.5) is 10.5 Å². The molecule has 0 aromatic heterocycles. The molecule has 0 radical (unpaired) electrons. The maximum atomic E-state index is 12.1. The second-order valence-corrected chi connectivity index (χ2v) is 5.88. The number of aryl methyl sites for hydroxylation is 1. The number of nitrogens with zero attached hydrogens (tertiary/aromatic N) is 2. The Morgan fingerprint density at radius 1 is 1.19 bits per heavy atom. The third-order valence-electron chi connectivity index (χ3n) is 4.19. The SMILES string of the molecule is Cc1ccc(N2CC(NC(=O)N3CCCC3)CC2=O)cc1. The van der Waals surface area contributed by atoms with Crippen LogP contribution in [0.25, 0.3) is 0 Å². The minimum absolute atomic E-state index is 0.0314. The van der Waals surface area contributed by atoms with E-state index >= 15 is 0 Å². The van der Waals surface area contributed by atoms with Crippen molar-refractivity contribution in [2.24, 2.45) is 0 Å². The van der Waals surface area contributed by atoms with Crippen LogP contribution < -0.4 is 10.2 Å². The molecule has 3 rings (SSSR count). The minimum Gasteiger partial charge on any atom is -0.333 e. The number of carbonyl (C=O) groups excluding carboxylic acids is 2. The summed E-state index contributed by atoms with van der Waals surface area (Å²) in [5, 5.41) is 2.99. The van der Waals surface area contributed by atoms with E-state index in [0.717, 1.165) is 31.6 Å². The Kier molecular flexibility index (Phi) is 3.82. The fraction of sp³-hybridized carbons (Fsp3) is 0.500. The molecule has 1 atom stereocenters. The van der Waals surface area contributed by atoms with Crippen LogP contribution in [0, 0.1) is 6.92 Å². The molecule has 1 N–H and O–H groups in total. The normalized spacial score (nSPS) is 22.0. The molecule has 2 heterocycles. The molecule has 2 aliphatic rings. The quantitative estimate of drug-likeness (QED) is 0.903. The number of carbonyl (C=O) groups is 2. The Morgan fingerprint density at radius 2 is 1.86 bits per heavy atom. The minimum atomic E-state index is -0.0908. The van der Waals surface area contributed by atoms with Gasteiger partial charge in [-0.3, -0.25) is 4.79 Å². The molecular formula is C16H21N3O2. The third kappa shape index (κ3) is 3.01. The van der Waals surface area contributed by atoms with Gasteiger partial charge >= 0.3 is 6.03 Å². The highest BCUT2D eigenvalue weighted by atomic mass is 16.2. The number of likely N-dealkylation sites (tertiary alicyclic amines) is 1. The second kappa shape index (κ2) is 5.76. The van der Waals surface area contributed by atoms with Gasteiger partial charge in [-0.1, -0.05) is 17.7 Å². The zero-order valence-corrected chi connectivity index (χ0v) is 12.3. The van der Waals surface area contributed by atoms with Crippen molar-refractivity contribution in [3.8, 4) is 0 Å². The van der Waals surface area contributed by atoms with Crippen LogP contribution >= 0.6 is 0 Å². The molecule has 0 saturated carbocycles. The van der Waals surface area contributed by atoms with Crippen LogP contribution in [-0.2, 0) is 4.79 Å². The van der Waals surface area contributed by atoms with Crippen molar-refractivity contribution in [3.05, 3.63) is 29.8 Å². The average Bonchev–Trinajstić information content (AvgIpc) is 3.10. The summed E-state index contributed by atoms with van der Waals surface area (Å²) >= 11 is 0. The summed E-state index contributed by atoms with van der Waals surface area (Å²) < 4.78 is 0. The maximum absolute atomic E-state index is 12.1. The van der Waals surface area contributed by atoms with Crippen molar-refractivity contribution >= 4 is 17.6 Å². The summed E-state index contributed by atoms with van der Waals surface area (Å²) in [6.45, 7) is 4.23. The number of anilines is 1. The Labute approximate surface area is 124 Å². The Balaban J connectivity index is 1.61. The van der Waals surface area contributed by atoms with Gasteiger partial charge in [-0.25, -0.2) is 4.79 Å². The van der Waals surface area contributed by atoms with Crippen molar-refractivity contribution in [1.29, 1.82) is 0 Å². The van der Waals surface area contributed by atoms with Gasteiger partial charge in [0.1, 0.15) is 0 Å². The van der Waals surface area contributed by atoms with E-state index in [9.17, 15) is 9.59 Å². The predicted octanol–water partition coefficient (Wildman–Crippen LogP) is 1.91. The van der Waals surface area contributed by atoms with E-state index in [4.69, 9.17) is 0 Å². The van der Waals surface area contributed by atoms with Crippen LogP contribution in [0.3, 0.4) is 0 Å². The van der Waals surface area contributed by atoms with E-state index in [1.165, 1.54) is 5.56 Å². The highest BCUT2D eigenvalue weighted by Crippen LogP contribution is 2.22. The van der Waals surface area contributed by atoms with Gasteiger partial charge in [0.25, 0.3) is 0 Å². The number of benzene rings is 1. The maximum Gasteiger partial charge on any atom is 0.317 e. The topological polar surface area (TPSA) is 52.7 Å². The summed E-state index contributed by atoms with van der Waals surface area (Å²) in [4.78, 5) is 27.8. The molecule has 2 aliphatic heterocycles. The molecule has 112 valence electrons. The Morgan fingerprint density at radius 3 is 2.52 bits per heavy atom. The molecule has 1 aromatic rings. The van der Waals surface area contributed by atoms with Gasteiger partial charge in [0.2, 0.25) is 5.91 Å². The largest absolute Gasteiger partial charge is 0.333 e. The monoisotopic (exact) mass is 287 g/mol. The van der Waals surface area contributed by atoms with Crippen LogP contribution in [0.2, 0.25) is 0 Å². The third-order valence-corrected chi connectivity index (χ3v) is 4.19. The van der Waals surface area contributed by atoms with E-state index in [1.54, 1.807) is 4.90 Å². The summed E-state index contributed by atoms with van der Waals surface area (Å²) in [6.07, 6.45) is 2.53. The van der Waals surface area contributed by atoms with E-state index < -0.39 is 0 Å². The van der Waals surface area contributed by atoms with Crippen LogP contribution in [0.1, 0.15) is 24.8 Å². The van der Waals surface area contributed by atoms with Crippen molar-refractivity contribution in [2.75, 3.05) is 24.5 Å². The van der Waals surface area contributed by atoms with E-state index in [-0.39, 0.29) is 18.0 Å². The number of hydrogen-bond acceptors (Lipinski definition) is 2. The van der Waals surface area contributed by atoms with Crippen LogP contribution in [0.5, 0.6) is 0 Å². The van der Waals surface area contributed by atoms with Gasteiger partial charge < -0.3 is 15.1 Å². The molecule has 2 saturated heterocycles. The first-order chi connectivity index (χ1) is 10.1. The zero-order chi connectivity index (χ0) is 14.8. The first kappa shape index (κ1) is 13.9. The lowest BCUT2D eigenvalue weighted by Gasteiger charge is -2.20. The lowest BCUT2D eigenvalue weighted by atomic mass is 10.2. The highest BCUT2D eigenvalue weighted by Gasteiger charge is 2.32. The molecule has 2 fully saturated rings. The zero-order valence-electron chi connectivity index (χ0n) is 12.3. The van der Waals surface area contributed by atoms with Crippen molar-refractivity contribution in [2.45, 2.75) is 32.2 Å². The molecule has 3 amide bonds. The smallest absolute Gasteiger partial charge is 0.317 e. The first-order valence-electron chi connectivity index (χ1n) is 7.56. The van der Waals surface area contributed by atoms with Crippen molar-refractivity contribution in [3.63, 3.8) is 0 Å². The first-order valence-corrected chi connectivity index (χ1v) is 7.56. The summed E-state index contributed by atoms with van der Waals surface area (Å²) in [6, 6.07) is 7.79. The standard InChI is InChI=1S/C16H21N3O2/c1-12-4-6-14(7-5-12)19-11-13(10-15(19)20)17-16(21)18-8-2-3-9-18/h4-7,13H,2-3,8-11H2,1H3,(H,17,21). The van der Waals surface area contributed by atoms with Gasteiger partial charge in [0.05, 0.1) is 6.04 Å². The summed E-state index contributed by atoms with van der Waals surface area (Å²) in [5.41, 5.74) is 2.08. The van der Waals surface area contributed by atoms with Crippen LogP contribution in [-0.4, -0.2) is 42.5 Å². The number of nitrogens with one attached hydrogen (secondary N) is 1. The van der Waals surface area contributed by atoms with Crippen molar-refractivity contribution < 1.29 is 9.59 Å². The molecule has 1 aromatic carbocycles. The van der Waals surface area contributed by atoms with Crippen molar-refractivity contribution in [1.82, 2.24) is 10.2 Å². The number of amides is 3. The molecule has 21 heavy (non-hydrogen) atoms. The average molecular weight is 287 g/mol. The van der Waals surface area contributed by atoms with Gasteiger partial charge in [0.15, 0.2) is 0 Å². The van der Waals surface area contributed by atoms with Gasteiger partial charge in [-0.15, -0.1) is 0 Å². The lowest BCUT2D eigenvalue weighted by Crippen LogP contribution is -2.44. The van der Waals surface area contributed by atoms with Gasteiger partial charge in [-0.2, -0.15) is 0 Å². The molecule has 5 nitrogen and oxygen atoms in total.